The van der Waals surface area contributed by atoms with Crippen molar-refractivity contribution in [2.75, 3.05) is 20.3 Å². The molecular formula is C19H22INO3. The van der Waals surface area contributed by atoms with E-state index in [9.17, 15) is 0 Å². The van der Waals surface area contributed by atoms with Crippen molar-refractivity contribution in [3.8, 4) is 17.2 Å². The summed E-state index contributed by atoms with van der Waals surface area (Å²) in [6, 6.07) is 11.7. The second-order valence-corrected chi connectivity index (χ2v) is 6.23. The number of hydrogen-bond donors (Lipinski definition) is 0. The highest BCUT2D eigenvalue weighted by atomic mass is 127. The van der Waals surface area contributed by atoms with Crippen molar-refractivity contribution in [1.29, 1.82) is 0 Å². The molecule has 0 N–H and O–H groups in total. The number of methoxy groups -OCH3 is 1. The monoisotopic (exact) mass is 439 g/mol. The summed E-state index contributed by atoms with van der Waals surface area (Å²) in [5.41, 5.74) is 1.84. The Bertz CT molecular complexity index is 684. The van der Waals surface area contributed by atoms with Crippen LogP contribution in [0.3, 0.4) is 0 Å². The maximum atomic E-state index is 5.77. The summed E-state index contributed by atoms with van der Waals surface area (Å²) in [7, 11) is 1.65. The quantitative estimate of drug-likeness (QED) is 0.418. The van der Waals surface area contributed by atoms with Gasteiger partial charge in [-0.15, -0.1) is 0 Å². The molecule has 0 saturated heterocycles. The molecule has 0 spiro atoms. The van der Waals surface area contributed by atoms with E-state index in [1.807, 2.05) is 49.5 Å². The highest BCUT2D eigenvalue weighted by molar-refractivity contribution is 14.1. The Labute approximate surface area is 157 Å². The highest BCUT2D eigenvalue weighted by Crippen LogP contribution is 2.33. The third kappa shape index (κ3) is 5.12. The van der Waals surface area contributed by atoms with E-state index in [4.69, 9.17) is 14.2 Å². The molecule has 2 aromatic carbocycles. The largest absolute Gasteiger partial charge is 0.494 e. The van der Waals surface area contributed by atoms with Gasteiger partial charge in [0, 0.05) is 6.21 Å². The first-order chi connectivity index (χ1) is 11.7. The van der Waals surface area contributed by atoms with Crippen molar-refractivity contribution in [2.24, 2.45) is 4.99 Å². The first-order valence-electron chi connectivity index (χ1n) is 7.95. The van der Waals surface area contributed by atoms with E-state index in [0.29, 0.717) is 13.2 Å². The van der Waals surface area contributed by atoms with E-state index >= 15 is 0 Å². The molecule has 5 heteroatoms. The van der Waals surface area contributed by atoms with Gasteiger partial charge in [0.05, 0.1) is 29.6 Å². The molecule has 24 heavy (non-hydrogen) atoms. The summed E-state index contributed by atoms with van der Waals surface area (Å²) in [4.78, 5) is 4.51. The lowest BCUT2D eigenvalue weighted by molar-refractivity contribution is 0.292. The molecule has 0 fully saturated rings. The molecule has 0 saturated carbocycles. The van der Waals surface area contributed by atoms with E-state index < -0.39 is 0 Å². The topological polar surface area (TPSA) is 40.0 Å². The van der Waals surface area contributed by atoms with Crippen LogP contribution in [-0.4, -0.2) is 26.5 Å². The van der Waals surface area contributed by atoms with E-state index in [0.717, 1.165) is 38.5 Å². The summed E-state index contributed by atoms with van der Waals surface area (Å²) >= 11 is 2.26. The van der Waals surface area contributed by atoms with Crippen LogP contribution in [0.25, 0.3) is 0 Å². The normalized spacial score (nSPS) is 10.8. The summed E-state index contributed by atoms with van der Waals surface area (Å²) in [5.74, 6) is 2.37. The predicted molar refractivity (Wildman–Crippen MR) is 106 cm³/mol. The summed E-state index contributed by atoms with van der Waals surface area (Å²) in [5, 5.41) is 0. The van der Waals surface area contributed by atoms with Crippen molar-refractivity contribution < 1.29 is 14.2 Å². The third-order valence-electron chi connectivity index (χ3n) is 3.21. The molecule has 0 amide bonds. The average molecular weight is 439 g/mol. The number of rotatable bonds is 8. The van der Waals surface area contributed by atoms with Gasteiger partial charge in [-0.1, -0.05) is 6.92 Å². The maximum Gasteiger partial charge on any atom is 0.174 e. The molecule has 0 aliphatic rings. The SMILES string of the molecule is CCCOc1c(I)cc(C=Nc2ccc(OCC)cc2)cc1OC. The van der Waals surface area contributed by atoms with Gasteiger partial charge in [0.1, 0.15) is 5.75 Å². The predicted octanol–water partition coefficient (Wildman–Crippen LogP) is 5.24. The Kier molecular flexibility index (Phi) is 7.36. The van der Waals surface area contributed by atoms with Gasteiger partial charge in [-0.25, -0.2) is 0 Å². The Hall–Kier alpha value is -1.76. The molecule has 0 aliphatic carbocycles. The van der Waals surface area contributed by atoms with Crippen LogP contribution in [0.5, 0.6) is 17.2 Å². The van der Waals surface area contributed by atoms with Gasteiger partial charge in [0.25, 0.3) is 0 Å². The lowest BCUT2D eigenvalue weighted by Gasteiger charge is -2.12. The molecule has 0 aromatic heterocycles. The first-order valence-corrected chi connectivity index (χ1v) is 9.03. The van der Waals surface area contributed by atoms with Gasteiger partial charge in [0.2, 0.25) is 0 Å². The minimum absolute atomic E-state index is 0.660. The zero-order valence-corrected chi connectivity index (χ0v) is 16.4. The molecule has 2 aromatic rings. The zero-order chi connectivity index (χ0) is 17.4. The van der Waals surface area contributed by atoms with Gasteiger partial charge in [-0.05, 0) is 77.9 Å². The summed E-state index contributed by atoms with van der Waals surface area (Å²) in [6.45, 7) is 5.38. The standard InChI is InChI=1S/C19H22INO3/c1-4-10-24-19-17(20)11-14(12-18(19)22-3)13-21-15-6-8-16(9-7-15)23-5-2/h6-9,11-13H,4-5,10H2,1-3H3. The zero-order valence-electron chi connectivity index (χ0n) is 14.2. The Morgan fingerprint density at radius 3 is 2.46 bits per heavy atom. The molecule has 0 atom stereocenters. The molecule has 2 rings (SSSR count). The molecule has 0 heterocycles. The van der Waals surface area contributed by atoms with Crippen molar-refractivity contribution in [2.45, 2.75) is 20.3 Å². The van der Waals surface area contributed by atoms with Crippen molar-refractivity contribution in [1.82, 2.24) is 0 Å². The van der Waals surface area contributed by atoms with E-state index in [2.05, 4.69) is 34.5 Å². The van der Waals surface area contributed by atoms with Gasteiger partial charge < -0.3 is 14.2 Å². The number of nitrogens with zero attached hydrogens (tertiary/aromatic N) is 1. The summed E-state index contributed by atoms with van der Waals surface area (Å²) < 4.78 is 17.7. The molecule has 0 bridgehead atoms. The molecule has 0 radical (unpaired) electrons. The van der Waals surface area contributed by atoms with Crippen LogP contribution in [-0.2, 0) is 0 Å². The number of benzene rings is 2. The van der Waals surface area contributed by atoms with Crippen LogP contribution >= 0.6 is 22.6 Å². The number of halogens is 1. The van der Waals surface area contributed by atoms with E-state index in [1.165, 1.54) is 0 Å². The lowest BCUT2D eigenvalue weighted by atomic mass is 10.2. The molecule has 0 unspecified atom stereocenters. The van der Waals surface area contributed by atoms with Gasteiger partial charge in [-0.2, -0.15) is 0 Å². The van der Waals surface area contributed by atoms with Crippen LogP contribution in [0.15, 0.2) is 41.4 Å². The highest BCUT2D eigenvalue weighted by Gasteiger charge is 2.10. The molecule has 0 aliphatic heterocycles. The van der Waals surface area contributed by atoms with Crippen LogP contribution < -0.4 is 14.2 Å². The van der Waals surface area contributed by atoms with Crippen LogP contribution in [0.1, 0.15) is 25.8 Å². The first kappa shape index (κ1) is 18.6. The minimum atomic E-state index is 0.660. The number of ether oxygens (including phenoxy) is 3. The molecular weight excluding hydrogens is 417 g/mol. The van der Waals surface area contributed by atoms with E-state index in [-0.39, 0.29) is 0 Å². The Morgan fingerprint density at radius 2 is 1.83 bits per heavy atom. The maximum absolute atomic E-state index is 5.77. The fourth-order valence-electron chi connectivity index (χ4n) is 2.10. The second kappa shape index (κ2) is 9.52. The molecule has 128 valence electrons. The fraction of sp³-hybridized carbons (Fsp3) is 0.316. The fourth-order valence-corrected chi connectivity index (χ4v) is 2.88. The number of hydrogen-bond acceptors (Lipinski definition) is 4. The van der Waals surface area contributed by atoms with Crippen molar-refractivity contribution in [3.05, 3.63) is 45.5 Å². The van der Waals surface area contributed by atoms with E-state index in [1.54, 1.807) is 7.11 Å². The van der Waals surface area contributed by atoms with Gasteiger partial charge >= 0.3 is 0 Å². The van der Waals surface area contributed by atoms with Crippen LogP contribution in [0.2, 0.25) is 0 Å². The second-order valence-electron chi connectivity index (χ2n) is 5.07. The summed E-state index contributed by atoms with van der Waals surface area (Å²) in [6.07, 6.45) is 2.78. The smallest absolute Gasteiger partial charge is 0.174 e. The van der Waals surface area contributed by atoms with Gasteiger partial charge in [0.15, 0.2) is 11.5 Å². The van der Waals surface area contributed by atoms with Crippen LogP contribution in [0, 0.1) is 3.57 Å². The number of aliphatic imine (C=N–C) groups is 1. The van der Waals surface area contributed by atoms with Crippen LogP contribution in [0.4, 0.5) is 5.69 Å². The van der Waals surface area contributed by atoms with Crippen molar-refractivity contribution >= 4 is 34.5 Å². The Morgan fingerprint density at radius 1 is 1.08 bits per heavy atom. The minimum Gasteiger partial charge on any atom is -0.494 e. The lowest BCUT2D eigenvalue weighted by Crippen LogP contribution is -2.01. The van der Waals surface area contributed by atoms with Gasteiger partial charge in [-0.3, -0.25) is 4.99 Å². The molecule has 4 nitrogen and oxygen atoms in total. The third-order valence-corrected chi connectivity index (χ3v) is 4.01. The van der Waals surface area contributed by atoms with Crippen molar-refractivity contribution in [3.63, 3.8) is 0 Å². The average Bonchev–Trinajstić information content (AvgIpc) is 2.60. The Balaban J connectivity index is 2.18.